The Kier molecular flexibility index (Phi) is 5.16. The smallest absolute Gasteiger partial charge is 0.235 e. The van der Waals surface area contributed by atoms with E-state index in [1.807, 2.05) is 24.3 Å². The van der Waals surface area contributed by atoms with Crippen molar-refractivity contribution in [3.63, 3.8) is 0 Å². The predicted molar refractivity (Wildman–Crippen MR) is 111 cm³/mol. The van der Waals surface area contributed by atoms with Gasteiger partial charge in [0.1, 0.15) is 5.76 Å². The van der Waals surface area contributed by atoms with Gasteiger partial charge in [0.15, 0.2) is 5.82 Å². The van der Waals surface area contributed by atoms with Crippen LogP contribution in [-0.4, -0.2) is 28.5 Å². The molecule has 4 rings (SSSR count). The number of thioether (sulfide) groups is 1. The zero-order valence-electron chi connectivity index (χ0n) is 15.3. The molecule has 1 heterocycles. The van der Waals surface area contributed by atoms with Crippen molar-refractivity contribution in [2.24, 2.45) is 0 Å². The van der Waals surface area contributed by atoms with Crippen molar-refractivity contribution >= 4 is 35.1 Å². The first kappa shape index (κ1) is 18.3. The van der Waals surface area contributed by atoms with Crippen LogP contribution in [0.4, 0.5) is 11.5 Å². The van der Waals surface area contributed by atoms with Crippen molar-refractivity contribution in [3.8, 4) is 11.1 Å². The number of fused-ring (bicyclic) bond motifs is 3. The van der Waals surface area contributed by atoms with Crippen molar-refractivity contribution in [1.82, 2.24) is 5.16 Å². The number of aryl methyl sites for hydroxylation is 1. The van der Waals surface area contributed by atoms with Gasteiger partial charge < -0.3 is 15.2 Å². The van der Waals surface area contributed by atoms with Gasteiger partial charge in [-0.1, -0.05) is 35.5 Å². The van der Waals surface area contributed by atoms with E-state index in [4.69, 9.17) is 4.52 Å². The minimum absolute atomic E-state index is 0.138. The maximum absolute atomic E-state index is 12.2. The van der Waals surface area contributed by atoms with Crippen LogP contribution >= 0.6 is 11.8 Å². The lowest BCUT2D eigenvalue weighted by Crippen LogP contribution is -2.18. The minimum Gasteiger partial charge on any atom is -0.360 e. The topological polar surface area (TPSA) is 84.2 Å². The molecule has 0 saturated heterocycles. The summed E-state index contributed by atoms with van der Waals surface area (Å²) in [6.45, 7) is 1.75. The zero-order valence-corrected chi connectivity index (χ0v) is 16.1. The number of benzene rings is 2. The summed E-state index contributed by atoms with van der Waals surface area (Å²) >= 11 is 1.25. The van der Waals surface area contributed by atoms with Crippen LogP contribution in [0.5, 0.6) is 0 Å². The standard InChI is InChI=1S/C21H19N3O3S/c1-13-8-19(24-27-13)23-21(26)12-28-11-20(25)22-16-7-6-15-9-14-4-2-3-5-17(14)18(15)10-16/h2-8,10H,9,11-12H2,1H3,(H,22,25)(H,23,24,26). The number of anilines is 2. The normalized spacial score (nSPS) is 11.6. The number of carbonyl (C=O) groups is 2. The largest absolute Gasteiger partial charge is 0.360 e. The summed E-state index contributed by atoms with van der Waals surface area (Å²) in [7, 11) is 0. The molecule has 28 heavy (non-hydrogen) atoms. The molecule has 0 fully saturated rings. The number of aromatic nitrogens is 1. The summed E-state index contributed by atoms with van der Waals surface area (Å²) in [5.74, 6) is 1.00. The van der Waals surface area contributed by atoms with Gasteiger partial charge in [-0.15, -0.1) is 11.8 Å². The van der Waals surface area contributed by atoms with E-state index < -0.39 is 0 Å². The molecule has 7 heteroatoms. The quantitative estimate of drug-likeness (QED) is 0.520. The summed E-state index contributed by atoms with van der Waals surface area (Å²) in [5.41, 5.74) is 5.74. The van der Waals surface area contributed by atoms with Gasteiger partial charge in [-0.3, -0.25) is 9.59 Å². The number of rotatable bonds is 6. The Labute approximate surface area is 166 Å². The molecule has 142 valence electrons. The van der Waals surface area contributed by atoms with Crippen LogP contribution in [0, 0.1) is 6.92 Å². The highest BCUT2D eigenvalue weighted by atomic mass is 32.2. The Hall–Kier alpha value is -3.06. The molecule has 2 aromatic carbocycles. The van der Waals surface area contributed by atoms with Gasteiger partial charge in [-0.05, 0) is 47.7 Å². The Bertz CT molecular complexity index is 1040. The van der Waals surface area contributed by atoms with Crippen molar-refractivity contribution in [2.45, 2.75) is 13.3 Å². The van der Waals surface area contributed by atoms with E-state index in [2.05, 4.69) is 34.0 Å². The average molecular weight is 393 g/mol. The summed E-state index contributed by atoms with van der Waals surface area (Å²) in [6.07, 6.45) is 0.926. The fraction of sp³-hybridized carbons (Fsp3) is 0.190. The first-order valence-electron chi connectivity index (χ1n) is 8.90. The van der Waals surface area contributed by atoms with E-state index >= 15 is 0 Å². The van der Waals surface area contributed by atoms with E-state index in [9.17, 15) is 9.59 Å². The number of nitrogens with one attached hydrogen (secondary N) is 2. The van der Waals surface area contributed by atoms with E-state index in [0.717, 1.165) is 12.1 Å². The molecule has 0 saturated carbocycles. The Morgan fingerprint density at radius 2 is 1.75 bits per heavy atom. The third-order valence-electron chi connectivity index (χ3n) is 4.44. The van der Waals surface area contributed by atoms with Crippen LogP contribution in [0.2, 0.25) is 0 Å². The molecule has 2 amide bonds. The third kappa shape index (κ3) is 4.09. The first-order valence-corrected chi connectivity index (χ1v) is 10.1. The number of hydrogen-bond donors (Lipinski definition) is 2. The van der Waals surface area contributed by atoms with Crippen LogP contribution in [0.15, 0.2) is 53.1 Å². The molecule has 0 bridgehead atoms. The highest BCUT2D eigenvalue weighted by Crippen LogP contribution is 2.37. The van der Waals surface area contributed by atoms with Crippen molar-refractivity contribution in [2.75, 3.05) is 22.1 Å². The maximum atomic E-state index is 12.2. The zero-order chi connectivity index (χ0) is 19.5. The highest BCUT2D eigenvalue weighted by Gasteiger charge is 2.18. The van der Waals surface area contributed by atoms with Gasteiger partial charge >= 0.3 is 0 Å². The monoisotopic (exact) mass is 393 g/mol. The molecule has 2 N–H and O–H groups in total. The molecular weight excluding hydrogens is 374 g/mol. The number of nitrogens with zero attached hydrogens (tertiary/aromatic N) is 1. The molecule has 0 radical (unpaired) electrons. The van der Waals surface area contributed by atoms with Crippen molar-refractivity contribution < 1.29 is 14.1 Å². The molecule has 0 aliphatic heterocycles. The van der Waals surface area contributed by atoms with E-state index in [-0.39, 0.29) is 23.3 Å². The van der Waals surface area contributed by atoms with Crippen LogP contribution in [0.3, 0.4) is 0 Å². The number of hydrogen-bond acceptors (Lipinski definition) is 5. The van der Waals surface area contributed by atoms with Gasteiger partial charge in [-0.2, -0.15) is 0 Å². The van der Waals surface area contributed by atoms with E-state index in [1.165, 1.54) is 34.0 Å². The molecule has 1 aliphatic rings. The van der Waals surface area contributed by atoms with Crippen LogP contribution < -0.4 is 10.6 Å². The lowest BCUT2D eigenvalue weighted by Gasteiger charge is -2.08. The number of amides is 2. The lowest BCUT2D eigenvalue weighted by molar-refractivity contribution is -0.114. The van der Waals surface area contributed by atoms with Gasteiger partial charge in [0.2, 0.25) is 11.8 Å². The van der Waals surface area contributed by atoms with Crippen molar-refractivity contribution in [1.29, 1.82) is 0 Å². The van der Waals surface area contributed by atoms with Gasteiger partial charge in [-0.25, -0.2) is 0 Å². The second-order valence-electron chi connectivity index (χ2n) is 6.62. The van der Waals surface area contributed by atoms with Gasteiger partial charge in [0, 0.05) is 11.8 Å². The molecule has 0 unspecified atom stereocenters. The maximum Gasteiger partial charge on any atom is 0.235 e. The molecule has 3 aromatic rings. The molecule has 0 atom stereocenters. The highest BCUT2D eigenvalue weighted by molar-refractivity contribution is 8.00. The Balaban J connectivity index is 1.28. The van der Waals surface area contributed by atoms with Crippen LogP contribution in [0.25, 0.3) is 11.1 Å². The average Bonchev–Trinajstić information content (AvgIpc) is 3.24. The van der Waals surface area contributed by atoms with Gasteiger partial charge in [0.25, 0.3) is 0 Å². The fourth-order valence-corrected chi connectivity index (χ4v) is 3.86. The lowest BCUT2D eigenvalue weighted by atomic mass is 10.1. The molecule has 1 aliphatic carbocycles. The number of carbonyl (C=O) groups excluding carboxylic acids is 2. The second-order valence-corrected chi connectivity index (χ2v) is 7.60. The third-order valence-corrected chi connectivity index (χ3v) is 5.38. The molecule has 0 spiro atoms. The summed E-state index contributed by atoms with van der Waals surface area (Å²) < 4.78 is 4.89. The predicted octanol–water partition coefficient (Wildman–Crippen LogP) is 3.86. The van der Waals surface area contributed by atoms with Crippen LogP contribution in [0.1, 0.15) is 16.9 Å². The fourth-order valence-electron chi connectivity index (χ4n) is 3.24. The second kappa shape index (κ2) is 7.90. The molecular formula is C21H19N3O3S. The van der Waals surface area contributed by atoms with Crippen molar-refractivity contribution in [3.05, 3.63) is 65.4 Å². The summed E-state index contributed by atoms with van der Waals surface area (Å²) in [5, 5.41) is 9.24. The van der Waals surface area contributed by atoms with E-state index in [1.54, 1.807) is 13.0 Å². The summed E-state index contributed by atoms with van der Waals surface area (Å²) in [6, 6.07) is 16.0. The SMILES string of the molecule is Cc1cc(NC(=O)CSCC(=O)Nc2ccc3c(c2)-c2ccccc2C3)no1. The molecule has 6 nitrogen and oxygen atoms in total. The Morgan fingerprint density at radius 1 is 1.00 bits per heavy atom. The Morgan fingerprint density at radius 3 is 2.54 bits per heavy atom. The van der Waals surface area contributed by atoms with Crippen LogP contribution in [-0.2, 0) is 16.0 Å². The summed E-state index contributed by atoms with van der Waals surface area (Å²) in [4.78, 5) is 24.1. The van der Waals surface area contributed by atoms with Gasteiger partial charge in [0.05, 0.1) is 11.5 Å². The van der Waals surface area contributed by atoms with E-state index in [0.29, 0.717) is 11.6 Å². The minimum atomic E-state index is -0.222. The molecule has 1 aromatic heterocycles. The first-order chi connectivity index (χ1) is 13.6.